The van der Waals surface area contributed by atoms with E-state index in [2.05, 4.69) is 0 Å². The molecule has 0 aliphatic carbocycles. The molecule has 0 bridgehead atoms. The minimum absolute atomic E-state index is 0.00746. The zero-order valence-corrected chi connectivity index (χ0v) is 10.6. The fourth-order valence-corrected chi connectivity index (χ4v) is 2.54. The minimum atomic E-state index is -3.76. The SMILES string of the molecule is NC1CCCN(c2cccc(S(N)(=O)=O)c2)C1=O. The number of anilines is 1. The first-order chi connectivity index (χ1) is 8.39. The van der Waals surface area contributed by atoms with Crippen molar-refractivity contribution in [3.05, 3.63) is 24.3 Å². The Balaban J connectivity index is 2.37. The molecule has 1 aromatic rings. The number of nitrogens with zero attached hydrogens (tertiary/aromatic N) is 1. The van der Waals surface area contributed by atoms with Crippen LogP contribution >= 0.6 is 0 Å². The molecule has 1 unspecified atom stereocenters. The van der Waals surface area contributed by atoms with Gasteiger partial charge in [0.1, 0.15) is 0 Å². The van der Waals surface area contributed by atoms with E-state index in [1.807, 2.05) is 0 Å². The highest BCUT2D eigenvalue weighted by Crippen LogP contribution is 2.22. The maximum atomic E-state index is 11.9. The number of nitrogens with two attached hydrogens (primary N) is 2. The molecule has 1 aliphatic rings. The van der Waals surface area contributed by atoms with Gasteiger partial charge in [-0.15, -0.1) is 0 Å². The molecule has 2 rings (SSSR count). The van der Waals surface area contributed by atoms with Gasteiger partial charge in [-0.05, 0) is 31.0 Å². The molecule has 98 valence electrons. The average Bonchev–Trinajstić information content (AvgIpc) is 2.32. The van der Waals surface area contributed by atoms with Crippen molar-refractivity contribution in [2.24, 2.45) is 10.9 Å². The lowest BCUT2D eigenvalue weighted by Crippen LogP contribution is -2.48. The molecule has 1 aliphatic heterocycles. The Morgan fingerprint density at radius 3 is 2.72 bits per heavy atom. The van der Waals surface area contributed by atoms with Crippen LogP contribution in [0.25, 0.3) is 0 Å². The molecular weight excluding hydrogens is 254 g/mol. The van der Waals surface area contributed by atoms with Crippen molar-refractivity contribution in [1.82, 2.24) is 0 Å². The summed E-state index contributed by atoms with van der Waals surface area (Å²) in [4.78, 5) is 13.4. The zero-order chi connectivity index (χ0) is 13.3. The lowest BCUT2D eigenvalue weighted by molar-refractivity contribution is -0.120. The van der Waals surface area contributed by atoms with Gasteiger partial charge in [0.25, 0.3) is 0 Å². The molecule has 1 atom stereocenters. The van der Waals surface area contributed by atoms with E-state index in [4.69, 9.17) is 10.9 Å². The fourth-order valence-electron chi connectivity index (χ4n) is 1.99. The summed E-state index contributed by atoms with van der Waals surface area (Å²) in [5.74, 6) is -0.187. The molecule has 0 aromatic heterocycles. The number of hydrogen-bond donors (Lipinski definition) is 2. The normalized spacial score (nSPS) is 21.1. The van der Waals surface area contributed by atoms with E-state index >= 15 is 0 Å². The predicted molar refractivity (Wildman–Crippen MR) is 67.4 cm³/mol. The van der Waals surface area contributed by atoms with E-state index in [1.54, 1.807) is 12.1 Å². The summed E-state index contributed by atoms with van der Waals surface area (Å²) in [5, 5.41) is 5.06. The summed E-state index contributed by atoms with van der Waals surface area (Å²) in [6.45, 7) is 0.542. The lowest BCUT2D eigenvalue weighted by atomic mass is 10.1. The summed E-state index contributed by atoms with van der Waals surface area (Å²) in [7, 11) is -3.76. The van der Waals surface area contributed by atoms with Crippen LogP contribution in [0.2, 0.25) is 0 Å². The van der Waals surface area contributed by atoms with Crippen LogP contribution in [0, 0.1) is 0 Å². The molecule has 1 fully saturated rings. The Kier molecular flexibility index (Phi) is 3.38. The highest BCUT2D eigenvalue weighted by atomic mass is 32.2. The van der Waals surface area contributed by atoms with E-state index in [1.165, 1.54) is 17.0 Å². The average molecular weight is 269 g/mol. The van der Waals surface area contributed by atoms with Crippen LogP contribution in [-0.2, 0) is 14.8 Å². The number of piperidine rings is 1. The monoisotopic (exact) mass is 269 g/mol. The molecule has 0 radical (unpaired) electrons. The van der Waals surface area contributed by atoms with Crippen molar-refractivity contribution < 1.29 is 13.2 Å². The maximum absolute atomic E-state index is 11.9. The van der Waals surface area contributed by atoms with E-state index < -0.39 is 16.1 Å². The molecule has 7 heteroatoms. The molecule has 1 saturated heterocycles. The van der Waals surface area contributed by atoms with Crippen LogP contribution in [0.15, 0.2) is 29.2 Å². The number of primary sulfonamides is 1. The number of carbonyl (C=O) groups is 1. The first-order valence-corrected chi connectivity index (χ1v) is 7.14. The minimum Gasteiger partial charge on any atom is -0.320 e. The van der Waals surface area contributed by atoms with Crippen molar-refractivity contribution in [2.45, 2.75) is 23.8 Å². The lowest BCUT2D eigenvalue weighted by Gasteiger charge is -2.30. The Morgan fingerprint density at radius 1 is 1.33 bits per heavy atom. The van der Waals surface area contributed by atoms with Gasteiger partial charge in [-0.3, -0.25) is 4.79 Å². The maximum Gasteiger partial charge on any atom is 0.243 e. The Hall–Kier alpha value is -1.44. The second-order valence-electron chi connectivity index (χ2n) is 4.28. The van der Waals surface area contributed by atoms with E-state index in [0.29, 0.717) is 18.7 Å². The van der Waals surface area contributed by atoms with Gasteiger partial charge in [-0.1, -0.05) is 6.07 Å². The standard InChI is InChI=1S/C11H15N3O3S/c12-10-5-2-6-14(11(10)15)8-3-1-4-9(7-8)18(13,16)17/h1,3-4,7,10H,2,5-6,12H2,(H2,13,16,17). The van der Waals surface area contributed by atoms with Gasteiger partial charge >= 0.3 is 0 Å². The molecule has 1 amide bonds. The Bertz CT molecular complexity index is 571. The van der Waals surface area contributed by atoms with Crippen LogP contribution in [0.5, 0.6) is 0 Å². The predicted octanol–water partition coefficient (Wildman–Crippen LogP) is -0.212. The van der Waals surface area contributed by atoms with E-state index in [0.717, 1.165) is 6.42 Å². The molecule has 18 heavy (non-hydrogen) atoms. The van der Waals surface area contributed by atoms with Crippen LogP contribution in [0.3, 0.4) is 0 Å². The van der Waals surface area contributed by atoms with E-state index in [-0.39, 0.29) is 10.8 Å². The van der Waals surface area contributed by atoms with Crippen molar-refractivity contribution >= 4 is 21.6 Å². The van der Waals surface area contributed by atoms with Crippen molar-refractivity contribution in [2.75, 3.05) is 11.4 Å². The van der Waals surface area contributed by atoms with Crippen LogP contribution in [0.4, 0.5) is 5.69 Å². The van der Waals surface area contributed by atoms with Gasteiger partial charge < -0.3 is 10.6 Å². The molecule has 1 aromatic carbocycles. The van der Waals surface area contributed by atoms with Gasteiger partial charge in [-0.25, -0.2) is 13.6 Å². The largest absolute Gasteiger partial charge is 0.320 e. The summed E-state index contributed by atoms with van der Waals surface area (Å²) < 4.78 is 22.5. The molecule has 1 heterocycles. The smallest absolute Gasteiger partial charge is 0.243 e. The number of rotatable bonds is 2. The Labute approximate surface area is 106 Å². The number of sulfonamides is 1. The van der Waals surface area contributed by atoms with Crippen LogP contribution < -0.4 is 15.8 Å². The topological polar surface area (TPSA) is 106 Å². The second-order valence-corrected chi connectivity index (χ2v) is 5.84. The summed E-state index contributed by atoms with van der Waals surface area (Å²) in [6.07, 6.45) is 1.46. The van der Waals surface area contributed by atoms with Crippen LogP contribution in [0.1, 0.15) is 12.8 Å². The third-order valence-electron chi connectivity index (χ3n) is 2.94. The van der Waals surface area contributed by atoms with Gasteiger partial charge in [0.2, 0.25) is 15.9 Å². The first-order valence-electron chi connectivity index (χ1n) is 5.59. The molecule has 6 nitrogen and oxygen atoms in total. The van der Waals surface area contributed by atoms with E-state index in [9.17, 15) is 13.2 Å². The van der Waals surface area contributed by atoms with Crippen LogP contribution in [-0.4, -0.2) is 26.9 Å². The fraction of sp³-hybridized carbons (Fsp3) is 0.364. The van der Waals surface area contributed by atoms with Gasteiger partial charge in [-0.2, -0.15) is 0 Å². The number of benzene rings is 1. The number of carbonyl (C=O) groups excluding carboxylic acids is 1. The van der Waals surface area contributed by atoms with Gasteiger partial charge in [0, 0.05) is 12.2 Å². The highest BCUT2D eigenvalue weighted by Gasteiger charge is 2.27. The van der Waals surface area contributed by atoms with Crippen molar-refractivity contribution in [1.29, 1.82) is 0 Å². The molecular formula is C11H15N3O3S. The molecule has 0 saturated carbocycles. The van der Waals surface area contributed by atoms with Crippen molar-refractivity contribution in [3.63, 3.8) is 0 Å². The number of hydrogen-bond acceptors (Lipinski definition) is 4. The third-order valence-corrected chi connectivity index (χ3v) is 3.85. The summed E-state index contributed by atoms with van der Waals surface area (Å²) in [6, 6.07) is 5.50. The second kappa shape index (κ2) is 4.68. The van der Waals surface area contributed by atoms with Gasteiger partial charge in [0.15, 0.2) is 0 Å². The quantitative estimate of drug-likeness (QED) is 0.774. The highest BCUT2D eigenvalue weighted by molar-refractivity contribution is 7.89. The third kappa shape index (κ3) is 2.53. The summed E-state index contributed by atoms with van der Waals surface area (Å²) in [5.41, 5.74) is 6.21. The first kappa shape index (κ1) is 13.0. The Morgan fingerprint density at radius 2 is 2.06 bits per heavy atom. The molecule has 4 N–H and O–H groups in total. The summed E-state index contributed by atoms with van der Waals surface area (Å²) >= 11 is 0. The van der Waals surface area contributed by atoms with Gasteiger partial charge in [0.05, 0.1) is 10.9 Å². The van der Waals surface area contributed by atoms with Crippen molar-refractivity contribution in [3.8, 4) is 0 Å². The zero-order valence-electron chi connectivity index (χ0n) is 9.74. The molecule has 0 spiro atoms. The number of amides is 1.